The molecule has 0 saturated carbocycles. The van der Waals surface area contributed by atoms with E-state index >= 15 is 0 Å². The van der Waals surface area contributed by atoms with Crippen molar-refractivity contribution in [1.29, 1.82) is 0 Å². The lowest BCUT2D eigenvalue weighted by Gasteiger charge is -2.40. The van der Waals surface area contributed by atoms with Crippen LogP contribution >= 0.6 is 0 Å². The van der Waals surface area contributed by atoms with Gasteiger partial charge < -0.3 is 14.6 Å². The Labute approximate surface area is 149 Å². The third kappa shape index (κ3) is 3.49. The van der Waals surface area contributed by atoms with Crippen LogP contribution in [0.2, 0.25) is 0 Å². The molecule has 1 aromatic heterocycles. The van der Waals surface area contributed by atoms with E-state index in [1.807, 2.05) is 12.1 Å². The van der Waals surface area contributed by atoms with E-state index in [2.05, 4.69) is 34.5 Å². The zero-order chi connectivity index (χ0) is 17.1. The van der Waals surface area contributed by atoms with Crippen LogP contribution in [0.4, 0.5) is 0 Å². The van der Waals surface area contributed by atoms with E-state index in [0.717, 1.165) is 25.4 Å². The lowest BCUT2D eigenvalue weighted by atomic mass is 9.74. The molecule has 1 aliphatic carbocycles. The third-order valence-electron chi connectivity index (χ3n) is 5.97. The summed E-state index contributed by atoms with van der Waals surface area (Å²) < 4.78 is 5.24. The second kappa shape index (κ2) is 7.04. The molecular formula is C21H26N2O2. The number of hydrogen-bond acceptors (Lipinski definition) is 3. The van der Waals surface area contributed by atoms with Gasteiger partial charge in [0.2, 0.25) is 5.91 Å². The Morgan fingerprint density at radius 2 is 1.96 bits per heavy atom. The van der Waals surface area contributed by atoms with Gasteiger partial charge in [-0.15, -0.1) is 0 Å². The van der Waals surface area contributed by atoms with E-state index in [0.29, 0.717) is 18.4 Å². The summed E-state index contributed by atoms with van der Waals surface area (Å²) in [6.45, 7) is 3.52. The maximum absolute atomic E-state index is 12.0. The number of nitrogens with one attached hydrogen (secondary N) is 1. The first-order valence-corrected chi connectivity index (χ1v) is 9.35. The first-order valence-electron chi connectivity index (χ1n) is 9.35. The van der Waals surface area contributed by atoms with Crippen LogP contribution in [0.3, 0.4) is 0 Å². The van der Waals surface area contributed by atoms with Gasteiger partial charge in [-0.1, -0.05) is 24.3 Å². The lowest BCUT2D eigenvalue weighted by molar-refractivity contribution is -0.121. The molecule has 1 N–H and O–H groups in total. The molecule has 1 fully saturated rings. The van der Waals surface area contributed by atoms with Gasteiger partial charge in [-0.25, -0.2) is 0 Å². The number of furan rings is 1. The second-order valence-corrected chi connectivity index (χ2v) is 7.39. The fraction of sp³-hybridized carbons (Fsp3) is 0.476. The van der Waals surface area contributed by atoms with Crippen LogP contribution in [0.1, 0.15) is 42.6 Å². The smallest absolute Gasteiger partial charge is 0.221 e. The van der Waals surface area contributed by atoms with Crippen LogP contribution < -0.4 is 5.32 Å². The molecule has 2 heterocycles. The van der Waals surface area contributed by atoms with Gasteiger partial charge in [-0.3, -0.25) is 4.79 Å². The number of benzene rings is 1. The number of rotatable bonds is 5. The van der Waals surface area contributed by atoms with Gasteiger partial charge in [0.15, 0.2) is 0 Å². The minimum absolute atomic E-state index is 0.0999. The Morgan fingerprint density at radius 3 is 2.76 bits per heavy atom. The molecule has 0 unspecified atom stereocenters. The fourth-order valence-corrected chi connectivity index (χ4v) is 4.44. The SMILES string of the molecule is O=C(CCN1CCC2(CCc3ccccc32)CC1)NCc1ccco1. The summed E-state index contributed by atoms with van der Waals surface area (Å²) >= 11 is 0. The number of amides is 1. The van der Waals surface area contributed by atoms with Crippen molar-refractivity contribution in [3.63, 3.8) is 0 Å². The van der Waals surface area contributed by atoms with Crippen LogP contribution in [0, 0.1) is 0 Å². The van der Waals surface area contributed by atoms with Crippen molar-refractivity contribution < 1.29 is 9.21 Å². The van der Waals surface area contributed by atoms with Gasteiger partial charge in [0.1, 0.15) is 5.76 Å². The van der Waals surface area contributed by atoms with Crippen molar-refractivity contribution in [3.05, 3.63) is 59.5 Å². The molecule has 1 aliphatic heterocycles. The van der Waals surface area contributed by atoms with E-state index in [1.165, 1.54) is 25.7 Å². The number of carbonyl (C=O) groups excluding carboxylic acids is 1. The quantitative estimate of drug-likeness (QED) is 0.910. The van der Waals surface area contributed by atoms with E-state index in [9.17, 15) is 4.79 Å². The number of piperidine rings is 1. The molecule has 132 valence electrons. The highest BCUT2D eigenvalue weighted by Gasteiger charge is 2.40. The van der Waals surface area contributed by atoms with Crippen molar-refractivity contribution in [2.75, 3.05) is 19.6 Å². The maximum atomic E-state index is 12.0. The Kier molecular flexibility index (Phi) is 4.62. The highest BCUT2D eigenvalue weighted by Crippen LogP contribution is 2.46. The number of hydrogen-bond donors (Lipinski definition) is 1. The molecule has 2 aliphatic rings. The second-order valence-electron chi connectivity index (χ2n) is 7.39. The predicted molar refractivity (Wildman–Crippen MR) is 97.3 cm³/mol. The Balaban J connectivity index is 1.24. The predicted octanol–water partition coefficient (Wildman–Crippen LogP) is 3.27. The molecule has 0 bridgehead atoms. The minimum Gasteiger partial charge on any atom is -0.467 e. The van der Waals surface area contributed by atoms with E-state index < -0.39 is 0 Å². The molecule has 1 aromatic carbocycles. The standard InChI is InChI=1S/C21H26N2O2/c24-20(22-16-18-5-3-15-25-18)8-12-23-13-10-21(11-14-23)9-7-17-4-1-2-6-19(17)21/h1-6,15H,7-14,16H2,(H,22,24). The summed E-state index contributed by atoms with van der Waals surface area (Å²) in [7, 11) is 0. The van der Waals surface area contributed by atoms with Crippen LogP contribution in [0.15, 0.2) is 47.1 Å². The molecule has 1 saturated heterocycles. The molecule has 4 heteroatoms. The van der Waals surface area contributed by atoms with Crippen molar-refractivity contribution in [1.82, 2.24) is 10.2 Å². The fourth-order valence-electron chi connectivity index (χ4n) is 4.44. The summed E-state index contributed by atoms with van der Waals surface area (Å²) in [6.07, 6.45) is 7.15. The van der Waals surface area contributed by atoms with E-state index in [4.69, 9.17) is 4.42 Å². The number of aryl methyl sites for hydroxylation is 1. The summed E-state index contributed by atoms with van der Waals surface area (Å²) in [4.78, 5) is 14.5. The van der Waals surface area contributed by atoms with Gasteiger partial charge >= 0.3 is 0 Å². The number of nitrogens with zero attached hydrogens (tertiary/aromatic N) is 1. The topological polar surface area (TPSA) is 45.5 Å². The lowest BCUT2D eigenvalue weighted by Crippen LogP contribution is -2.42. The molecule has 0 radical (unpaired) electrons. The molecule has 2 aromatic rings. The van der Waals surface area contributed by atoms with Crippen molar-refractivity contribution in [2.24, 2.45) is 0 Å². The Hall–Kier alpha value is -2.07. The molecule has 4 nitrogen and oxygen atoms in total. The monoisotopic (exact) mass is 338 g/mol. The first kappa shape index (κ1) is 16.4. The van der Waals surface area contributed by atoms with Gasteiger partial charge in [-0.2, -0.15) is 0 Å². The Morgan fingerprint density at radius 1 is 1.12 bits per heavy atom. The number of carbonyl (C=O) groups is 1. The highest BCUT2D eigenvalue weighted by molar-refractivity contribution is 5.75. The highest BCUT2D eigenvalue weighted by atomic mass is 16.3. The van der Waals surface area contributed by atoms with Crippen molar-refractivity contribution in [2.45, 2.75) is 44.1 Å². The molecule has 1 amide bonds. The first-order chi connectivity index (χ1) is 12.3. The zero-order valence-electron chi connectivity index (χ0n) is 14.7. The van der Waals surface area contributed by atoms with Gasteiger partial charge in [0.05, 0.1) is 12.8 Å². The average molecular weight is 338 g/mol. The average Bonchev–Trinajstić information content (AvgIpc) is 3.29. The third-order valence-corrected chi connectivity index (χ3v) is 5.97. The summed E-state index contributed by atoms with van der Waals surface area (Å²) in [5.74, 6) is 0.899. The summed E-state index contributed by atoms with van der Waals surface area (Å²) in [5, 5.41) is 2.93. The van der Waals surface area contributed by atoms with Crippen molar-refractivity contribution in [3.8, 4) is 0 Å². The molecule has 4 rings (SSSR count). The van der Waals surface area contributed by atoms with E-state index in [1.54, 1.807) is 17.4 Å². The van der Waals surface area contributed by atoms with Gasteiger partial charge in [0, 0.05) is 13.0 Å². The van der Waals surface area contributed by atoms with E-state index in [-0.39, 0.29) is 5.91 Å². The van der Waals surface area contributed by atoms with Crippen molar-refractivity contribution >= 4 is 5.91 Å². The molecule has 25 heavy (non-hydrogen) atoms. The largest absolute Gasteiger partial charge is 0.467 e. The molecule has 1 spiro atoms. The van der Waals surface area contributed by atoms with Crippen LogP contribution in [0.5, 0.6) is 0 Å². The normalized spacial score (nSPS) is 19.0. The maximum Gasteiger partial charge on any atom is 0.221 e. The summed E-state index contributed by atoms with van der Waals surface area (Å²) in [6, 6.07) is 12.7. The number of likely N-dealkylation sites (tertiary alicyclic amines) is 1. The van der Waals surface area contributed by atoms with Crippen LogP contribution in [0.25, 0.3) is 0 Å². The zero-order valence-corrected chi connectivity index (χ0v) is 14.7. The van der Waals surface area contributed by atoms with Gasteiger partial charge in [0.25, 0.3) is 0 Å². The minimum atomic E-state index is 0.0999. The molecule has 0 atom stereocenters. The molecular weight excluding hydrogens is 312 g/mol. The van der Waals surface area contributed by atoms with Crippen LogP contribution in [-0.2, 0) is 23.2 Å². The van der Waals surface area contributed by atoms with Gasteiger partial charge in [-0.05, 0) is 67.4 Å². The Bertz CT molecular complexity index is 715. The summed E-state index contributed by atoms with van der Waals surface area (Å²) in [5.41, 5.74) is 3.54. The van der Waals surface area contributed by atoms with Crippen LogP contribution in [-0.4, -0.2) is 30.4 Å². The number of fused-ring (bicyclic) bond motifs is 2.